The number of hydrogen-bond acceptors (Lipinski definition) is 3. The number of aromatic carboxylic acids is 1. The van der Waals surface area contributed by atoms with E-state index < -0.39 is 5.97 Å². The summed E-state index contributed by atoms with van der Waals surface area (Å²) in [5.41, 5.74) is 4.61. The topological polar surface area (TPSA) is 49.8 Å². The molecule has 0 atom stereocenters. The van der Waals surface area contributed by atoms with Gasteiger partial charge < -0.3 is 14.7 Å². The lowest BCUT2D eigenvalue weighted by atomic mass is 9.75. The second-order valence-electron chi connectivity index (χ2n) is 8.01. The SMILES string of the molecule is CCN(c1ccc(C(=O)O)cc1)c1ccc2c(c1)C(C)(C)COC2(C)C. The van der Waals surface area contributed by atoms with Gasteiger partial charge in [0, 0.05) is 23.3 Å². The van der Waals surface area contributed by atoms with Gasteiger partial charge in [0.2, 0.25) is 0 Å². The summed E-state index contributed by atoms with van der Waals surface area (Å²) in [4.78, 5) is 13.3. The molecule has 1 N–H and O–H groups in total. The second-order valence-corrected chi connectivity index (χ2v) is 8.01. The molecule has 0 unspecified atom stereocenters. The van der Waals surface area contributed by atoms with Crippen LogP contribution < -0.4 is 4.90 Å². The minimum absolute atomic E-state index is 0.0482. The van der Waals surface area contributed by atoms with Crippen LogP contribution in [0.15, 0.2) is 42.5 Å². The van der Waals surface area contributed by atoms with Crippen LogP contribution in [0.4, 0.5) is 11.4 Å². The third kappa shape index (κ3) is 3.21. The maximum Gasteiger partial charge on any atom is 0.335 e. The van der Waals surface area contributed by atoms with Crippen molar-refractivity contribution in [1.29, 1.82) is 0 Å². The number of rotatable bonds is 4. The third-order valence-electron chi connectivity index (χ3n) is 5.23. The largest absolute Gasteiger partial charge is 0.478 e. The molecule has 0 aromatic heterocycles. The summed E-state index contributed by atoms with van der Waals surface area (Å²) in [6.45, 7) is 12.2. The van der Waals surface area contributed by atoms with Crippen LogP contribution in [0, 0.1) is 0 Å². The van der Waals surface area contributed by atoms with Crippen molar-refractivity contribution in [2.75, 3.05) is 18.1 Å². The number of carbonyl (C=O) groups is 1. The molecule has 2 aromatic carbocycles. The van der Waals surface area contributed by atoms with Crippen LogP contribution in [0.5, 0.6) is 0 Å². The molecule has 0 bridgehead atoms. The maximum absolute atomic E-state index is 11.1. The summed E-state index contributed by atoms with van der Waals surface area (Å²) in [7, 11) is 0. The summed E-state index contributed by atoms with van der Waals surface area (Å²) in [5.74, 6) is -0.905. The fourth-order valence-corrected chi connectivity index (χ4v) is 3.60. The molecule has 0 aliphatic carbocycles. The third-order valence-corrected chi connectivity index (χ3v) is 5.23. The van der Waals surface area contributed by atoms with Crippen molar-refractivity contribution in [3.05, 3.63) is 59.2 Å². The molecule has 0 saturated carbocycles. The Bertz CT molecular complexity index is 822. The highest BCUT2D eigenvalue weighted by molar-refractivity contribution is 5.88. The van der Waals surface area contributed by atoms with Crippen LogP contribution in [-0.4, -0.2) is 24.2 Å². The zero-order valence-corrected chi connectivity index (χ0v) is 16.2. The Labute approximate surface area is 155 Å². The molecule has 1 aliphatic heterocycles. The lowest BCUT2D eigenvalue weighted by molar-refractivity contribution is -0.0587. The van der Waals surface area contributed by atoms with E-state index in [1.54, 1.807) is 12.1 Å². The predicted molar refractivity (Wildman–Crippen MR) is 105 cm³/mol. The minimum atomic E-state index is -0.905. The monoisotopic (exact) mass is 353 g/mol. The Morgan fingerprint density at radius 1 is 1.04 bits per heavy atom. The number of nitrogens with zero attached hydrogens (tertiary/aromatic N) is 1. The van der Waals surface area contributed by atoms with Crippen molar-refractivity contribution in [1.82, 2.24) is 0 Å². The van der Waals surface area contributed by atoms with Crippen LogP contribution in [0.3, 0.4) is 0 Å². The van der Waals surface area contributed by atoms with E-state index in [-0.39, 0.29) is 11.0 Å². The lowest BCUT2D eigenvalue weighted by Gasteiger charge is -2.42. The van der Waals surface area contributed by atoms with Gasteiger partial charge in [-0.2, -0.15) is 0 Å². The van der Waals surface area contributed by atoms with Gasteiger partial charge in [0.25, 0.3) is 0 Å². The number of anilines is 2. The van der Waals surface area contributed by atoms with Crippen molar-refractivity contribution in [3.63, 3.8) is 0 Å². The van der Waals surface area contributed by atoms with Crippen molar-refractivity contribution in [2.24, 2.45) is 0 Å². The molecule has 4 heteroatoms. The zero-order valence-electron chi connectivity index (χ0n) is 16.2. The molecular formula is C22H27NO3. The normalized spacial score (nSPS) is 17.4. The van der Waals surface area contributed by atoms with Crippen molar-refractivity contribution in [2.45, 2.75) is 45.6 Å². The highest BCUT2D eigenvalue weighted by atomic mass is 16.5. The van der Waals surface area contributed by atoms with Crippen LogP contribution in [0.25, 0.3) is 0 Å². The van der Waals surface area contributed by atoms with Gasteiger partial charge in [0.1, 0.15) is 0 Å². The Kier molecular flexibility index (Phi) is 4.57. The molecule has 0 amide bonds. The first-order chi connectivity index (χ1) is 12.2. The van der Waals surface area contributed by atoms with Crippen LogP contribution in [0.1, 0.15) is 56.1 Å². The maximum atomic E-state index is 11.1. The van der Waals surface area contributed by atoms with Crippen LogP contribution in [-0.2, 0) is 15.8 Å². The Morgan fingerprint density at radius 2 is 1.65 bits per heavy atom. The zero-order chi connectivity index (χ0) is 19.1. The second kappa shape index (κ2) is 6.44. The number of fused-ring (bicyclic) bond motifs is 1. The Hall–Kier alpha value is -2.33. The average molecular weight is 353 g/mol. The Morgan fingerprint density at radius 3 is 2.23 bits per heavy atom. The average Bonchev–Trinajstić information content (AvgIpc) is 2.60. The van der Waals surface area contributed by atoms with E-state index in [2.05, 4.69) is 57.7 Å². The molecular weight excluding hydrogens is 326 g/mol. The van der Waals surface area contributed by atoms with Gasteiger partial charge in [-0.25, -0.2) is 4.79 Å². The van der Waals surface area contributed by atoms with Gasteiger partial charge in [-0.15, -0.1) is 0 Å². The first-order valence-corrected chi connectivity index (χ1v) is 9.05. The lowest BCUT2D eigenvalue weighted by Crippen LogP contribution is -2.40. The summed E-state index contributed by atoms with van der Waals surface area (Å²) in [6.07, 6.45) is 0. The first-order valence-electron chi connectivity index (χ1n) is 9.05. The van der Waals surface area contributed by atoms with E-state index in [1.807, 2.05) is 12.1 Å². The van der Waals surface area contributed by atoms with Gasteiger partial charge >= 0.3 is 5.97 Å². The predicted octanol–water partition coefficient (Wildman–Crippen LogP) is 5.09. The molecule has 2 aromatic rings. The van der Waals surface area contributed by atoms with E-state index in [9.17, 15) is 4.79 Å². The highest BCUT2D eigenvalue weighted by Gasteiger charge is 2.38. The van der Waals surface area contributed by atoms with Gasteiger partial charge in [0.15, 0.2) is 0 Å². The molecule has 3 rings (SSSR count). The van der Waals surface area contributed by atoms with E-state index in [1.165, 1.54) is 11.1 Å². The molecule has 1 aliphatic rings. The number of ether oxygens (including phenoxy) is 1. The molecule has 0 radical (unpaired) electrons. The molecule has 4 nitrogen and oxygen atoms in total. The van der Waals surface area contributed by atoms with Crippen molar-refractivity contribution < 1.29 is 14.6 Å². The summed E-state index contributed by atoms with van der Waals surface area (Å²) in [5, 5.41) is 9.10. The number of carboxylic acids is 1. The first kappa shape index (κ1) is 18.5. The quantitative estimate of drug-likeness (QED) is 0.832. The number of hydrogen-bond donors (Lipinski definition) is 1. The van der Waals surface area contributed by atoms with E-state index >= 15 is 0 Å². The van der Waals surface area contributed by atoms with E-state index in [0.717, 1.165) is 17.9 Å². The Balaban J connectivity index is 2.04. The minimum Gasteiger partial charge on any atom is -0.478 e. The van der Waals surface area contributed by atoms with Crippen LogP contribution >= 0.6 is 0 Å². The molecule has 26 heavy (non-hydrogen) atoms. The van der Waals surface area contributed by atoms with Gasteiger partial charge in [-0.1, -0.05) is 19.9 Å². The van der Waals surface area contributed by atoms with E-state index in [0.29, 0.717) is 12.2 Å². The standard InChI is InChI=1S/C22H27NO3/c1-6-23(16-9-7-15(8-10-16)20(24)25)17-11-12-18-19(13-17)21(2,3)14-26-22(18,4)5/h7-13H,6,14H2,1-5H3,(H,24,25). The summed E-state index contributed by atoms with van der Waals surface area (Å²) >= 11 is 0. The van der Waals surface area contributed by atoms with Crippen molar-refractivity contribution in [3.8, 4) is 0 Å². The molecule has 0 spiro atoms. The summed E-state index contributed by atoms with van der Waals surface area (Å²) in [6, 6.07) is 13.6. The number of benzene rings is 2. The van der Waals surface area contributed by atoms with Gasteiger partial charge in [-0.3, -0.25) is 0 Å². The van der Waals surface area contributed by atoms with Crippen molar-refractivity contribution >= 4 is 17.3 Å². The highest BCUT2D eigenvalue weighted by Crippen LogP contribution is 2.43. The fraction of sp³-hybridized carbons (Fsp3) is 0.409. The van der Waals surface area contributed by atoms with Gasteiger partial charge in [-0.05, 0) is 68.3 Å². The molecule has 0 saturated heterocycles. The van der Waals surface area contributed by atoms with Gasteiger partial charge in [0.05, 0.1) is 17.8 Å². The molecule has 138 valence electrons. The van der Waals surface area contributed by atoms with E-state index in [4.69, 9.17) is 9.84 Å². The van der Waals surface area contributed by atoms with Crippen LogP contribution in [0.2, 0.25) is 0 Å². The fourth-order valence-electron chi connectivity index (χ4n) is 3.60. The smallest absolute Gasteiger partial charge is 0.335 e. The number of carboxylic acid groups (broad SMARTS) is 1. The molecule has 1 heterocycles. The molecule has 0 fully saturated rings. The summed E-state index contributed by atoms with van der Waals surface area (Å²) < 4.78 is 6.08.